The van der Waals surface area contributed by atoms with Crippen molar-refractivity contribution in [2.24, 2.45) is 0 Å². The summed E-state index contributed by atoms with van der Waals surface area (Å²) < 4.78 is 36.9. The molecule has 1 aliphatic rings. The first kappa shape index (κ1) is 15.1. The summed E-state index contributed by atoms with van der Waals surface area (Å²) in [6.45, 7) is 2.67. The normalized spacial score (nSPS) is 20.6. The lowest BCUT2D eigenvalue weighted by molar-refractivity contribution is -0.0526. The van der Waals surface area contributed by atoms with Gasteiger partial charge in [0.05, 0.1) is 12.7 Å². The van der Waals surface area contributed by atoms with Crippen LogP contribution in [0.25, 0.3) is 0 Å². The maximum absolute atomic E-state index is 13.1. The van der Waals surface area contributed by atoms with Gasteiger partial charge in [0.2, 0.25) is 0 Å². The zero-order valence-electron chi connectivity index (χ0n) is 11.4. The Morgan fingerprint density at radius 3 is 2.85 bits per heavy atom. The van der Waals surface area contributed by atoms with Crippen molar-refractivity contribution in [3.8, 4) is 0 Å². The highest BCUT2D eigenvalue weighted by Crippen LogP contribution is 2.15. The zero-order valence-corrected chi connectivity index (χ0v) is 11.4. The van der Waals surface area contributed by atoms with Gasteiger partial charge < -0.3 is 9.47 Å². The van der Waals surface area contributed by atoms with E-state index in [1.807, 2.05) is 0 Å². The summed E-state index contributed by atoms with van der Waals surface area (Å²) in [5, 5.41) is 0. The Kier molecular flexibility index (Phi) is 5.20. The molecule has 0 N–H and O–H groups in total. The largest absolute Gasteiger partial charge is 0.376 e. The van der Waals surface area contributed by atoms with Gasteiger partial charge in [-0.25, -0.2) is 8.78 Å². The highest BCUT2D eigenvalue weighted by atomic mass is 19.2. The summed E-state index contributed by atoms with van der Waals surface area (Å²) in [4.78, 5) is 12.0. The fourth-order valence-electron chi connectivity index (χ4n) is 2.15. The molecule has 0 bridgehead atoms. The number of ether oxygens (including phenoxy) is 2. The Morgan fingerprint density at radius 1 is 1.40 bits per heavy atom. The molecule has 1 saturated heterocycles. The topological polar surface area (TPSA) is 35.5 Å². The minimum absolute atomic E-state index is 0.0175. The number of rotatable bonds is 5. The average Bonchev–Trinajstić information content (AvgIpc) is 2.48. The Morgan fingerprint density at radius 2 is 2.20 bits per heavy atom. The molecule has 1 heterocycles. The van der Waals surface area contributed by atoms with Gasteiger partial charge in [-0.05, 0) is 44.4 Å². The van der Waals surface area contributed by atoms with E-state index in [-0.39, 0.29) is 17.5 Å². The van der Waals surface area contributed by atoms with Gasteiger partial charge >= 0.3 is 0 Å². The quantitative estimate of drug-likeness (QED) is 0.779. The minimum Gasteiger partial charge on any atom is -0.376 e. The molecule has 0 aliphatic carbocycles. The van der Waals surface area contributed by atoms with Crippen LogP contribution in [-0.4, -0.2) is 31.2 Å². The highest BCUT2D eigenvalue weighted by molar-refractivity contribution is 5.99. The maximum atomic E-state index is 13.1. The summed E-state index contributed by atoms with van der Waals surface area (Å²) in [5.74, 6) is -2.36. The third-order valence-electron chi connectivity index (χ3n) is 3.38. The van der Waals surface area contributed by atoms with Crippen molar-refractivity contribution in [3.63, 3.8) is 0 Å². The van der Waals surface area contributed by atoms with Crippen molar-refractivity contribution in [2.45, 2.75) is 38.4 Å². The highest BCUT2D eigenvalue weighted by Gasteiger charge is 2.20. The number of hydrogen-bond donors (Lipinski definition) is 0. The Hall–Kier alpha value is -1.33. The van der Waals surface area contributed by atoms with Gasteiger partial charge in [0.1, 0.15) is 6.10 Å². The summed E-state index contributed by atoms with van der Waals surface area (Å²) in [6.07, 6.45) is 2.39. The molecule has 1 fully saturated rings. The van der Waals surface area contributed by atoms with E-state index in [0.717, 1.165) is 38.0 Å². The van der Waals surface area contributed by atoms with Crippen molar-refractivity contribution in [1.29, 1.82) is 0 Å². The van der Waals surface area contributed by atoms with Gasteiger partial charge in [-0.1, -0.05) is 0 Å². The molecular formula is C15H18F2O3. The van der Waals surface area contributed by atoms with E-state index in [9.17, 15) is 13.6 Å². The van der Waals surface area contributed by atoms with Gasteiger partial charge in [0.15, 0.2) is 17.4 Å². The van der Waals surface area contributed by atoms with Gasteiger partial charge in [0.25, 0.3) is 0 Å². The standard InChI is InChI=1S/C15H18F2O3/c1-10(20-9-12-4-2-3-7-19-12)15(18)11-5-6-13(16)14(17)8-11/h5-6,8,10,12H,2-4,7,9H2,1H3. The molecule has 0 radical (unpaired) electrons. The van der Waals surface area contributed by atoms with E-state index in [4.69, 9.17) is 9.47 Å². The fraction of sp³-hybridized carbons (Fsp3) is 0.533. The number of halogens is 2. The van der Waals surface area contributed by atoms with E-state index in [2.05, 4.69) is 0 Å². The molecule has 110 valence electrons. The Bertz CT molecular complexity index is 470. The van der Waals surface area contributed by atoms with Crippen LogP contribution < -0.4 is 0 Å². The van der Waals surface area contributed by atoms with Crippen molar-refractivity contribution in [3.05, 3.63) is 35.4 Å². The van der Waals surface area contributed by atoms with Crippen LogP contribution in [0.3, 0.4) is 0 Å². The second kappa shape index (κ2) is 6.90. The van der Waals surface area contributed by atoms with E-state index >= 15 is 0 Å². The molecule has 20 heavy (non-hydrogen) atoms. The van der Waals surface area contributed by atoms with Crippen LogP contribution >= 0.6 is 0 Å². The molecule has 0 amide bonds. The first-order valence-corrected chi connectivity index (χ1v) is 6.80. The van der Waals surface area contributed by atoms with Crippen LogP contribution in [0.4, 0.5) is 8.78 Å². The first-order valence-electron chi connectivity index (χ1n) is 6.80. The summed E-state index contributed by atoms with van der Waals surface area (Å²) in [6, 6.07) is 3.10. The van der Waals surface area contributed by atoms with Crippen LogP contribution in [-0.2, 0) is 9.47 Å². The SMILES string of the molecule is CC(OCC1CCCCO1)C(=O)c1ccc(F)c(F)c1. The van der Waals surface area contributed by atoms with Gasteiger partial charge in [-0.2, -0.15) is 0 Å². The lowest BCUT2D eigenvalue weighted by Crippen LogP contribution is -2.29. The zero-order chi connectivity index (χ0) is 14.5. The van der Waals surface area contributed by atoms with Crippen LogP contribution in [0.2, 0.25) is 0 Å². The molecule has 2 rings (SSSR count). The summed E-state index contributed by atoms with van der Waals surface area (Å²) in [5.41, 5.74) is 0.112. The third-order valence-corrected chi connectivity index (χ3v) is 3.38. The monoisotopic (exact) mass is 284 g/mol. The van der Waals surface area contributed by atoms with E-state index in [0.29, 0.717) is 6.61 Å². The lowest BCUT2D eigenvalue weighted by atomic mass is 10.1. The summed E-state index contributed by atoms with van der Waals surface area (Å²) >= 11 is 0. The van der Waals surface area contributed by atoms with Crippen LogP contribution in [0.15, 0.2) is 18.2 Å². The van der Waals surface area contributed by atoms with Crippen LogP contribution in [0.5, 0.6) is 0 Å². The fourth-order valence-corrected chi connectivity index (χ4v) is 2.15. The van der Waals surface area contributed by atoms with Crippen molar-refractivity contribution in [2.75, 3.05) is 13.2 Å². The van der Waals surface area contributed by atoms with Crippen molar-refractivity contribution in [1.82, 2.24) is 0 Å². The number of hydrogen-bond acceptors (Lipinski definition) is 3. The maximum Gasteiger partial charge on any atom is 0.191 e. The lowest BCUT2D eigenvalue weighted by Gasteiger charge is -2.23. The second-order valence-corrected chi connectivity index (χ2v) is 4.96. The number of carbonyl (C=O) groups is 1. The summed E-state index contributed by atoms with van der Waals surface area (Å²) in [7, 11) is 0. The predicted molar refractivity (Wildman–Crippen MR) is 69.7 cm³/mol. The molecule has 1 aromatic rings. The number of ketones is 1. The molecule has 2 unspecified atom stereocenters. The van der Waals surface area contributed by atoms with E-state index in [1.165, 1.54) is 6.07 Å². The molecule has 0 saturated carbocycles. The predicted octanol–water partition coefficient (Wildman–Crippen LogP) is 3.12. The molecule has 0 aromatic heterocycles. The average molecular weight is 284 g/mol. The number of benzene rings is 1. The van der Waals surface area contributed by atoms with E-state index in [1.54, 1.807) is 6.92 Å². The van der Waals surface area contributed by atoms with Gasteiger partial charge in [-0.3, -0.25) is 4.79 Å². The first-order chi connectivity index (χ1) is 9.58. The van der Waals surface area contributed by atoms with Crippen LogP contribution in [0.1, 0.15) is 36.5 Å². The minimum atomic E-state index is -1.03. The van der Waals surface area contributed by atoms with Gasteiger partial charge in [0, 0.05) is 12.2 Å². The van der Waals surface area contributed by atoms with Gasteiger partial charge in [-0.15, -0.1) is 0 Å². The molecule has 5 heteroatoms. The van der Waals surface area contributed by atoms with Crippen LogP contribution in [0, 0.1) is 11.6 Å². The third kappa shape index (κ3) is 3.84. The Labute approximate surface area is 116 Å². The molecule has 3 nitrogen and oxygen atoms in total. The number of Topliss-reactive ketones (excluding diaryl/α,β-unsaturated/α-hetero) is 1. The molecule has 1 aliphatic heterocycles. The number of carbonyl (C=O) groups excluding carboxylic acids is 1. The molecular weight excluding hydrogens is 266 g/mol. The molecule has 2 atom stereocenters. The van der Waals surface area contributed by atoms with Crippen molar-refractivity contribution >= 4 is 5.78 Å². The molecule has 1 aromatic carbocycles. The smallest absolute Gasteiger partial charge is 0.191 e. The van der Waals surface area contributed by atoms with Crippen molar-refractivity contribution < 1.29 is 23.0 Å². The second-order valence-electron chi connectivity index (χ2n) is 4.96. The Balaban J connectivity index is 1.89. The van der Waals surface area contributed by atoms with E-state index < -0.39 is 17.7 Å². The molecule has 0 spiro atoms.